The number of aromatic nitrogens is 7. The molecule has 9 aromatic carbocycles. The zero-order chi connectivity index (χ0) is 44.5. The second kappa shape index (κ2) is 17.1. The van der Waals surface area contributed by atoms with Crippen molar-refractivity contribution in [3.05, 3.63) is 237 Å². The summed E-state index contributed by atoms with van der Waals surface area (Å²) in [5, 5.41) is 2.22. The summed E-state index contributed by atoms with van der Waals surface area (Å²) in [5.74, 6) is 3.66. The Bertz CT molecular complexity index is 3610. The van der Waals surface area contributed by atoms with Gasteiger partial charge in [0.2, 0.25) is 0 Å². The molecular weight excluding hydrogens is 819 g/mol. The second-order valence-corrected chi connectivity index (χ2v) is 16.3. The van der Waals surface area contributed by atoms with Crippen molar-refractivity contribution in [2.45, 2.75) is 0 Å². The van der Waals surface area contributed by atoms with Crippen LogP contribution in [0.25, 0.3) is 118 Å². The minimum absolute atomic E-state index is 0.590. The Hall–Kier alpha value is -9.20. The summed E-state index contributed by atoms with van der Waals surface area (Å²) in [7, 11) is 0. The summed E-state index contributed by atoms with van der Waals surface area (Å²) in [5.41, 5.74) is 12.9. The lowest BCUT2D eigenvalue weighted by Gasteiger charge is -2.15. The van der Waals surface area contributed by atoms with Crippen LogP contribution in [0.2, 0.25) is 0 Å². The van der Waals surface area contributed by atoms with Gasteiger partial charge in [0, 0.05) is 44.2 Å². The fourth-order valence-corrected chi connectivity index (χ4v) is 8.91. The predicted molar refractivity (Wildman–Crippen MR) is 271 cm³/mol. The van der Waals surface area contributed by atoms with Crippen molar-refractivity contribution >= 4 is 21.8 Å². The second-order valence-electron chi connectivity index (χ2n) is 16.3. The average molecular weight is 858 g/mol. The van der Waals surface area contributed by atoms with Gasteiger partial charge in [0.1, 0.15) is 0 Å². The van der Waals surface area contributed by atoms with Crippen molar-refractivity contribution in [2.75, 3.05) is 0 Å². The predicted octanol–water partition coefficient (Wildman–Crippen LogP) is 14.5. The number of nitrogens with zero attached hydrogens (tertiary/aromatic N) is 7. The third-order valence-corrected chi connectivity index (χ3v) is 12.1. The molecule has 3 heterocycles. The zero-order valence-electron chi connectivity index (χ0n) is 36.1. The van der Waals surface area contributed by atoms with E-state index in [0.29, 0.717) is 34.9 Å². The largest absolute Gasteiger partial charge is 0.309 e. The van der Waals surface area contributed by atoms with Crippen molar-refractivity contribution < 1.29 is 0 Å². The molecule has 7 heteroatoms. The van der Waals surface area contributed by atoms with Gasteiger partial charge < -0.3 is 4.57 Å². The van der Waals surface area contributed by atoms with E-state index in [-0.39, 0.29) is 0 Å². The molecule has 0 amide bonds. The van der Waals surface area contributed by atoms with Crippen molar-refractivity contribution in [3.8, 4) is 96.3 Å². The summed E-state index contributed by atoms with van der Waals surface area (Å²) in [6.45, 7) is 0. The topological polar surface area (TPSA) is 82.3 Å². The highest BCUT2D eigenvalue weighted by atomic mass is 15.1. The van der Waals surface area contributed by atoms with Gasteiger partial charge in [0.05, 0.1) is 16.7 Å². The molecule has 0 radical (unpaired) electrons. The van der Waals surface area contributed by atoms with Gasteiger partial charge in [-0.05, 0) is 58.7 Å². The normalized spacial score (nSPS) is 11.3. The molecule has 0 aliphatic carbocycles. The molecule has 0 atom stereocenters. The van der Waals surface area contributed by atoms with E-state index in [1.54, 1.807) is 0 Å². The van der Waals surface area contributed by atoms with E-state index < -0.39 is 0 Å². The molecule has 12 rings (SSSR count). The SMILES string of the molecule is c1ccc(-c2ccc3c(c2)c2cc(-c4ccccc4-c4nc(-c5ccccc5)nc(-c5ccccc5)n4)ccc2n3-c2ccccc2-c2nc(-c3ccccc3)nc(-c3ccccc3)n2)cc1. The minimum Gasteiger partial charge on any atom is -0.309 e. The van der Waals surface area contributed by atoms with Gasteiger partial charge in [-0.15, -0.1) is 0 Å². The van der Waals surface area contributed by atoms with Gasteiger partial charge in [-0.2, -0.15) is 0 Å². The highest BCUT2D eigenvalue weighted by molar-refractivity contribution is 6.12. The molecular formula is C60H39N7. The van der Waals surface area contributed by atoms with E-state index in [1.807, 2.05) is 127 Å². The number of benzene rings is 9. The van der Waals surface area contributed by atoms with Gasteiger partial charge in [-0.3, -0.25) is 0 Å². The van der Waals surface area contributed by atoms with Crippen molar-refractivity contribution in [1.82, 2.24) is 34.5 Å². The van der Waals surface area contributed by atoms with Crippen LogP contribution in [0.3, 0.4) is 0 Å². The lowest BCUT2D eigenvalue weighted by Crippen LogP contribution is -2.03. The Morgan fingerprint density at radius 2 is 0.552 bits per heavy atom. The Labute approximate surface area is 387 Å². The van der Waals surface area contributed by atoms with Crippen LogP contribution in [0.5, 0.6) is 0 Å². The van der Waals surface area contributed by atoms with Gasteiger partial charge in [-0.25, -0.2) is 29.9 Å². The quantitative estimate of drug-likeness (QED) is 0.144. The smallest absolute Gasteiger partial charge is 0.166 e. The fourth-order valence-electron chi connectivity index (χ4n) is 8.91. The monoisotopic (exact) mass is 857 g/mol. The van der Waals surface area contributed by atoms with E-state index in [0.717, 1.165) is 83.1 Å². The van der Waals surface area contributed by atoms with Crippen LogP contribution in [0.1, 0.15) is 0 Å². The molecule has 67 heavy (non-hydrogen) atoms. The molecule has 0 aliphatic heterocycles. The summed E-state index contributed by atoms with van der Waals surface area (Å²) >= 11 is 0. The van der Waals surface area contributed by atoms with Crippen LogP contribution in [0.4, 0.5) is 0 Å². The summed E-state index contributed by atoms with van der Waals surface area (Å²) in [6.07, 6.45) is 0. The van der Waals surface area contributed by atoms with Crippen LogP contribution < -0.4 is 0 Å². The fraction of sp³-hybridized carbons (Fsp3) is 0. The van der Waals surface area contributed by atoms with Gasteiger partial charge >= 0.3 is 0 Å². The molecule has 3 aromatic heterocycles. The van der Waals surface area contributed by atoms with E-state index in [9.17, 15) is 0 Å². The molecule has 7 nitrogen and oxygen atoms in total. The number of para-hydroxylation sites is 1. The molecule has 0 fully saturated rings. The first-order chi connectivity index (χ1) is 33.2. The lowest BCUT2D eigenvalue weighted by atomic mass is 9.96. The number of rotatable bonds is 9. The molecule has 12 aromatic rings. The minimum atomic E-state index is 0.590. The van der Waals surface area contributed by atoms with E-state index in [4.69, 9.17) is 29.9 Å². The molecule has 0 N–H and O–H groups in total. The first kappa shape index (κ1) is 39.4. The zero-order valence-corrected chi connectivity index (χ0v) is 36.1. The Kier molecular flexibility index (Phi) is 10.0. The van der Waals surface area contributed by atoms with E-state index in [2.05, 4.69) is 114 Å². The van der Waals surface area contributed by atoms with E-state index >= 15 is 0 Å². The summed E-state index contributed by atoms with van der Waals surface area (Å²) < 4.78 is 2.35. The van der Waals surface area contributed by atoms with Gasteiger partial charge in [-0.1, -0.05) is 200 Å². The molecule has 0 bridgehead atoms. The van der Waals surface area contributed by atoms with Crippen molar-refractivity contribution in [1.29, 1.82) is 0 Å². The Morgan fingerprint density at radius 1 is 0.224 bits per heavy atom. The molecule has 314 valence electrons. The highest BCUT2D eigenvalue weighted by Crippen LogP contribution is 2.41. The third kappa shape index (κ3) is 7.50. The van der Waals surface area contributed by atoms with Crippen LogP contribution in [-0.4, -0.2) is 34.5 Å². The number of fused-ring (bicyclic) bond motifs is 3. The van der Waals surface area contributed by atoms with E-state index in [1.165, 1.54) is 0 Å². The van der Waals surface area contributed by atoms with Gasteiger partial charge in [0.15, 0.2) is 34.9 Å². The molecule has 0 saturated carbocycles. The third-order valence-electron chi connectivity index (χ3n) is 12.1. The maximum atomic E-state index is 5.18. The molecule has 0 spiro atoms. The highest BCUT2D eigenvalue weighted by Gasteiger charge is 2.22. The molecule has 0 unspecified atom stereocenters. The first-order valence-electron chi connectivity index (χ1n) is 22.3. The molecule has 0 aliphatic rings. The number of hydrogen-bond donors (Lipinski definition) is 0. The number of hydrogen-bond acceptors (Lipinski definition) is 6. The van der Waals surface area contributed by atoms with Crippen LogP contribution in [-0.2, 0) is 0 Å². The van der Waals surface area contributed by atoms with Crippen molar-refractivity contribution in [2.24, 2.45) is 0 Å². The van der Waals surface area contributed by atoms with Crippen LogP contribution in [0, 0.1) is 0 Å². The summed E-state index contributed by atoms with van der Waals surface area (Å²) in [4.78, 5) is 30.6. The molecule has 0 saturated heterocycles. The Balaban J connectivity index is 1.07. The standard InChI is InChI=1S/C60H39N7/c1-6-20-40(21-7-1)45-34-36-53-50(38-45)51-39-46(47-30-16-17-31-48(47)59-63-55(41-22-8-2-9-23-41)61-56(64-59)42-24-10-3-11-25-42)35-37-54(51)67(53)52-33-19-18-32-49(52)60-65-57(43-26-12-4-13-27-43)62-58(66-60)44-28-14-5-15-29-44/h1-39H. The van der Waals surface area contributed by atoms with Crippen molar-refractivity contribution in [3.63, 3.8) is 0 Å². The van der Waals surface area contributed by atoms with Crippen LogP contribution in [0.15, 0.2) is 237 Å². The van der Waals surface area contributed by atoms with Gasteiger partial charge in [0.25, 0.3) is 0 Å². The Morgan fingerprint density at radius 3 is 1.01 bits per heavy atom. The maximum absolute atomic E-state index is 5.18. The maximum Gasteiger partial charge on any atom is 0.166 e. The average Bonchev–Trinajstić information content (AvgIpc) is 3.74. The lowest BCUT2D eigenvalue weighted by molar-refractivity contribution is 1.06. The summed E-state index contributed by atoms with van der Waals surface area (Å²) in [6, 6.07) is 81.3. The first-order valence-corrected chi connectivity index (χ1v) is 22.3. The van der Waals surface area contributed by atoms with Crippen LogP contribution >= 0.6 is 0 Å².